The van der Waals surface area contributed by atoms with E-state index in [2.05, 4.69) is 0 Å². The molecule has 0 aromatic carbocycles. The molecule has 2 N–H and O–H groups in total. The average Bonchev–Trinajstić information content (AvgIpc) is 2.30. The number of hydrogen-bond donors (Lipinski definition) is 2. The molecule has 1 aliphatic heterocycles. The summed E-state index contributed by atoms with van der Waals surface area (Å²) in [4.78, 5) is 0. The molecule has 2 fully saturated rings. The van der Waals surface area contributed by atoms with Crippen molar-refractivity contribution in [2.45, 2.75) is 37.8 Å². The zero-order chi connectivity index (χ0) is 7.84. The van der Waals surface area contributed by atoms with Crippen LogP contribution in [-0.4, -0.2) is 39.3 Å². The van der Waals surface area contributed by atoms with Gasteiger partial charge >= 0.3 is 0 Å². The van der Waals surface area contributed by atoms with Crippen molar-refractivity contribution < 1.29 is 10.4 Å². The molecule has 1 saturated carbocycles. The Hall–Kier alpha value is -0.160. The van der Waals surface area contributed by atoms with Gasteiger partial charge in [0.2, 0.25) is 0 Å². The molecule has 2 rings (SSSR count). The van der Waals surface area contributed by atoms with Gasteiger partial charge in [0.05, 0.1) is 12.1 Å². The second-order valence-corrected chi connectivity index (χ2v) is 3.44. The minimum absolute atomic E-state index is 0.175. The molecule has 1 saturated heterocycles. The van der Waals surface area contributed by atoms with Crippen LogP contribution in [0.3, 0.4) is 0 Å². The third kappa shape index (κ3) is 1.16. The monoisotopic (exact) mass is 158 g/mol. The van der Waals surface area contributed by atoms with Crippen LogP contribution in [0, 0.1) is 0 Å². The Kier molecular flexibility index (Phi) is 1.85. The minimum Gasteiger partial charge on any atom is -0.312 e. The molecule has 0 amide bonds. The van der Waals surface area contributed by atoms with Gasteiger partial charge in [0.1, 0.15) is 6.67 Å². The first-order valence-electron chi connectivity index (χ1n) is 4.20. The summed E-state index contributed by atoms with van der Waals surface area (Å²) in [5, 5.41) is 21.2. The van der Waals surface area contributed by atoms with Crippen LogP contribution in [0.4, 0.5) is 0 Å². The smallest absolute Gasteiger partial charge is 0.100 e. The summed E-state index contributed by atoms with van der Waals surface area (Å²) in [6.45, 7) is 0.287. The second kappa shape index (κ2) is 2.71. The molecule has 1 aliphatic carbocycles. The first-order chi connectivity index (χ1) is 5.29. The van der Waals surface area contributed by atoms with E-state index in [0.29, 0.717) is 0 Å². The fourth-order valence-corrected chi connectivity index (χ4v) is 2.15. The molecular formula is C7H14N2O2. The molecule has 0 radical (unpaired) electrons. The van der Waals surface area contributed by atoms with Crippen molar-refractivity contribution in [2.24, 2.45) is 0 Å². The molecule has 1 heterocycles. The lowest BCUT2D eigenvalue weighted by atomic mass is 9.91. The van der Waals surface area contributed by atoms with Crippen LogP contribution in [-0.2, 0) is 0 Å². The lowest BCUT2D eigenvalue weighted by Gasteiger charge is -2.27. The highest BCUT2D eigenvalue weighted by atomic mass is 16.6. The quantitative estimate of drug-likeness (QED) is 0.543. The van der Waals surface area contributed by atoms with E-state index in [1.54, 1.807) is 0 Å². The van der Waals surface area contributed by atoms with E-state index in [4.69, 9.17) is 0 Å². The third-order valence-electron chi connectivity index (χ3n) is 2.75. The Balaban J connectivity index is 2.07. The minimum atomic E-state index is 0.175. The van der Waals surface area contributed by atoms with Crippen LogP contribution >= 0.6 is 0 Å². The van der Waals surface area contributed by atoms with Gasteiger partial charge in [-0.25, -0.2) is 0 Å². The van der Waals surface area contributed by atoms with Crippen molar-refractivity contribution in [1.29, 1.82) is 0 Å². The summed E-state index contributed by atoms with van der Waals surface area (Å²) in [6.07, 6.45) is 4.37. The molecular weight excluding hydrogens is 144 g/mol. The fraction of sp³-hybridized carbons (Fsp3) is 1.00. The van der Waals surface area contributed by atoms with Gasteiger partial charge in [-0.3, -0.25) is 0 Å². The first kappa shape index (κ1) is 7.49. The van der Waals surface area contributed by atoms with Crippen LogP contribution in [0.2, 0.25) is 0 Å². The van der Waals surface area contributed by atoms with Crippen LogP contribution < -0.4 is 0 Å². The third-order valence-corrected chi connectivity index (χ3v) is 2.75. The average molecular weight is 158 g/mol. The molecule has 11 heavy (non-hydrogen) atoms. The predicted molar refractivity (Wildman–Crippen MR) is 38.2 cm³/mol. The fourth-order valence-electron chi connectivity index (χ4n) is 2.15. The Bertz CT molecular complexity index is 137. The number of rotatable bonds is 0. The Morgan fingerprint density at radius 3 is 1.82 bits per heavy atom. The summed E-state index contributed by atoms with van der Waals surface area (Å²) in [5.41, 5.74) is 0. The van der Waals surface area contributed by atoms with E-state index in [-0.39, 0.29) is 18.8 Å². The zero-order valence-electron chi connectivity index (χ0n) is 6.48. The van der Waals surface area contributed by atoms with Gasteiger partial charge < -0.3 is 10.4 Å². The number of nitrogens with zero attached hydrogens (tertiary/aromatic N) is 2. The lowest BCUT2D eigenvalue weighted by Crippen LogP contribution is -2.37. The molecule has 4 heteroatoms. The predicted octanol–water partition coefficient (Wildman–Crippen LogP) is 0.651. The number of hydrogen-bond acceptors (Lipinski definition) is 4. The largest absolute Gasteiger partial charge is 0.312 e. The van der Waals surface area contributed by atoms with Crippen molar-refractivity contribution in [3.8, 4) is 0 Å². The summed E-state index contributed by atoms with van der Waals surface area (Å²) in [5.74, 6) is 0. The van der Waals surface area contributed by atoms with Crippen LogP contribution in [0.1, 0.15) is 25.7 Å². The summed E-state index contributed by atoms with van der Waals surface area (Å²) >= 11 is 0. The molecule has 4 nitrogen and oxygen atoms in total. The van der Waals surface area contributed by atoms with E-state index in [1.807, 2.05) is 0 Å². The standard InChI is InChI=1S/C7H14N2O2/c10-8-5-9(11)7-4-2-1-3-6(7)8/h6-7,10-11H,1-5H2. The van der Waals surface area contributed by atoms with E-state index in [1.165, 1.54) is 23.0 Å². The molecule has 2 atom stereocenters. The molecule has 0 aromatic rings. The van der Waals surface area contributed by atoms with Crippen LogP contribution in [0.5, 0.6) is 0 Å². The summed E-state index contributed by atoms with van der Waals surface area (Å²) in [7, 11) is 0. The zero-order valence-corrected chi connectivity index (χ0v) is 6.48. The maximum Gasteiger partial charge on any atom is 0.100 e. The van der Waals surface area contributed by atoms with Gasteiger partial charge in [-0.2, -0.15) is 10.1 Å². The molecule has 0 aromatic heterocycles. The number of hydroxylamine groups is 4. The van der Waals surface area contributed by atoms with E-state index in [0.717, 1.165) is 12.8 Å². The van der Waals surface area contributed by atoms with Gasteiger partial charge in [0.15, 0.2) is 0 Å². The van der Waals surface area contributed by atoms with Crippen LogP contribution in [0.15, 0.2) is 0 Å². The highest BCUT2D eigenvalue weighted by molar-refractivity contribution is 4.88. The van der Waals surface area contributed by atoms with Crippen LogP contribution in [0.25, 0.3) is 0 Å². The topological polar surface area (TPSA) is 46.9 Å². The maximum atomic E-state index is 9.33. The highest BCUT2D eigenvalue weighted by Crippen LogP contribution is 2.29. The van der Waals surface area contributed by atoms with Gasteiger partial charge in [-0.05, 0) is 12.8 Å². The number of fused-ring (bicyclic) bond motifs is 1. The Labute approximate surface area is 65.9 Å². The second-order valence-electron chi connectivity index (χ2n) is 3.44. The SMILES string of the molecule is ON1CN(O)C2CCCCC21. The molecule has 64 valence electrons. The molecule has 2 aliphatic rings. The van der Waals surface area contributed by atoms with E-state index < -0.39 is 0 Å². The maximum absolute atomic E-state index is 9.33. The van der Waals surface area contributed by atoms with Gasteiger partial charge in [-0.1, -0.05) is 12.8 Å². The molecule has 0 spiro atoms. The normalized spacial score (nSPS) is 40.9. The van der Waals surface area contributed by atoms with E-state index in [9.17, 15) is 10.4 Å². The van der Waals surface area contributed by atoms with Crippen molar-refractivity contribution in [1.82, 2.24) is 10.1 Å². The Morgan fingerprint density at radius 1 is 0.909 bits per heavy atom. The van der Waals surface area contributed by atoms with Crippen molar-refractivity contribution in [3.63, 3.8) is 0 Å². The van der Waals surface area contributed by atoms with Gasteiger partial charge in [0.25, 0.3) is 0 Å². The first-order valence-corrected chi connectivity index (χ1v) is 4.20. The lowest BCUT2D eigenvalue weighted by molar-refractivity contribution is -0.156. The highest BCUT2D eigenvalue weighted by Gasteiger charge is 2.40. The summed E-state index contributed by atoms with van der Waals surface area (Å²) in [6, 6.07) is 0.350. The molecule has 0 bridgehead atoms. The van der Waals surface area contributed by atoms with Crippen molar-refractivity contribution >= 4 is 0 Å². The van der Waals surface area contributed by atoms with Gasteiger partial charge in [0, 0.05) is 0 Å². The van der Waals surface area contributed by atoms with Gasteiger partial charge in [-0.15, -0.1) is 0 Å². The van der Waals surface area contributed by atoms with Crippen molar-refractivity contribution in [2.75, 3.05) is 6.67 Å². The Morgan fingerprint density at radius 2 is 1.36 bits per heavy atom. The molecule has 2 unspecified atom stereocenters. The summed E-state index contributed by atoms with van der Waals surface area (Å²) < 4.78 is 0. The van der Waals surface area contributed by atoms with Crippen molar-refractivity contribution in [3.05, 3.63) is 0 Å². The van der Waals surface area contributed by atoms with E-state index >= 15 is 0 Å².